The van der Waals surface area contributed by atoms with Crippen LogP contribution in [0.3, 0.4) is 0 Å². The summed E-state index contributed by atoms with van der Waals surface area (Å²) >= 11 is 5.97. The average Bonchev–Trinajstić information content (AvgIpc) is 2.84. The lowest BCUT2D eigenvalue weighted by molar-refractivity contribution is -0.108. The van der Waals surface area contributed by atoms with Crippen LogP contribution in [0.4, 0.5) is 0 Å². The molecule has 1 nitrogen and oxygen atoms in total. The summed E-state index contributed by atoms with van der Waals surface area (Å²) in [6.45, 7) is 0. The van der Waals surface area contributed by atoms with Crippen molar-refractivity contribution < 1.29 is 4.79 Å². The van der Waals surface area contributed by atoms with Gasteiger partial charge in [0, 0.05) is 10.9 Å². The highest BCUT2D eigenvalue weighted by molar-refractivity contribution is 6.31. The number of halogens is 1. The van der Waals surface area contributed by atoms with Crippen LogP contribution >= 0.6 is 11.6 Å². The molecule has 1 aliphatic carbocycles. The van der Waals surface area contributed by atoms with E-state index in [1.807, 2.05) is 24.3 Å². The largest absolute Gasteiger partial charge is 0.303 e. The van der Waals surface area contributed by atoms with Gasteiger partial charge in [0.2, 0.25) is 0 Å². The molecule has 62 valence electrons. The van der Waals surface area contributed by atoms with Crippen molar-refractivity contribution in [3.8, 4) is 0 Å². The molecule has 0 saturated heterocycles. The molecular formula is C10H9ClO. The Morgan fingerprint density at radius 3 is 2.75 bits per heavy atom. The lowest BCUT2D eigenvalue weighted by atomic mass is 10.1. The van der Waals surface area contributed by atoms with Gasteiger partial charge < -0.3 is 4.79 Å². The Labute approximate surface area is 76.4 Å². The monoisotopic (exact) mass is 180 g/mol. The number of benzene rings is 1. The molecule has 0 amide bonds. The first-order valence-electron chi connectivity index (χ1n) is 4.02. The summed E-state index contributed by atoms with van der Waals surface area (Å²) in [5.74, 6) is 0.598. The van der Waals surface area contributed by atoms with Crippen LogP contribution in [0.1, 0.15) is 17.9 Å². The Balaban J connectivity index is 2.25. The predicted molar refractivity (Wildman–Crippen MR) is 48.4 cm³/mol. The molecular weight excluding hydrogens is 172 g/mol. The fourth-order valence-electron chi connectivity index (χ4n) is 1.50. The molecule has 0 bridgehead atoms. The number of aldehydes is 1. The Morgan fingerprint density at radius 1 is 1.42 bits per heavy atom. The molecule has 0 spiro atoms. The lowest BCUT2D eigenvalue weighted by Gasteiger charge is -1.99. The Morgan fingerprint density at radius 2 is 2.17 bits per heavy atom. The summed E-state index contributed by atoms with van der Waals surface area (Å²) < 4.78 is 0. The van der Waals surface area contributed by atoms with E-state index in [0.29, 0.717) is 5.92 Å². The van der Waals surface area contributed by atoms with Crippen molar-refractivity contribution in [2.75, 3.05) is 0 Å². The summed E-state index contributed by atoms with van der Waals surface area (Å²) in [6.07, 6.45) is 1.99. The van der Waals surface area contributed by atoms with Crippen LogP contribution in [-0.4, -0.2) is 6.29 Å². The van der Waals surface area contributed by atoms with Crippen molar-refractivity contribution in [2.45, 2.75) is 12.3 Å². The van der Waals surface area contributed by atoms with Gasteiger partial charge in [0.25, 0.3) is 0 Å². The van der Waals surface area contributed by atoms with Gasteiger partial charge in [-0.3, -0.25) is 0 Å². The van der Waals surface area contributed by atoms with Crippen molar-refractivity contribution in [1.29, 1.82) is 0 Å². The minimum atomic E-state index is 0.213. The Kier molecular flexibility index (Phi) is 1.89. The van der Waals surface area contributed by atoms with E-state index in [9.17, 15) is 4.79 Å². The molecule has 1 aromatic rings. The quantitative estimate of drug-likeness (QED) is 0.640. The third kappa shape index (κ3) is 1.25. The van der Waals surface area contributed by atoms with Gasteiger partial charge in [-0.25, -0.2) is 0 Å². The first kappa shape index (κ1) is 7.81. The number of carbonyl (C=O) groups is 1. The van der Waals surface area contributed by atoms with Crippen LogP contribution in [0.2, 0.25) is 5.02 Å². The average molecular weight is 181 g/mol. The van der Waals surface area contributed by atoms with Gasteiger partial charge in [-0.15, -0.1) is 0 Å². The van der Waals surface area contributed by atoms with E-state index in [0.717, 1.165) is 23.3 Å². The van der Waals surface area contributed by atoms with Gasteiger partial charge in [-0.1, -0.05) is 29.8 Å². The molecule has 1 aliphatic rings. The highest BCUT2D eigenvalue weighted by atomic mass is 35.5. The predicted octanol–water partition coefficient (Wildman–Crippen LogP) is 2.64. The third-order valence-electron chi connectivity index (χ3n) is 2.32. The molecule has 2 atom stereocenters. The summed E-state index contributed by atoms with van der Waals surface area (Å²) in [5, 5.41) is 0.784. The molecule has 2 heteroatoms. The van der Waals surface area contributed by atoms with Crippen LogP contribution in [0.15, 0.2) is 24.3 Å². The molecule has 2 rings (SSSR count). The molecule has 0 unspecified atom stereocenters. The highest BCUT2D eigenvalue weighted by Crippen LogP contribution is 2.47. The zero-order chi connectivity index (χ0) is 8.55. The topological polar surface area (TPSA) is 17.1 Å². The van der Waals surface area contributed by atoms with Gasteiger partial charge >= 0.3 is 0 Å². The van der Waals surface area contributed by atoms with Crippen molar-refractivity contribution in [3.05, 3.63) is 34.9 Å². The minimum absolute atomic E-state index is 0.213. The van der Waals surface area contributed by atoms with Gasteiger partial charge in [0.1, 0.15) is 6.29 Å². The van der Waals surface area contributed by atoms with Gasteiger partial charge in [0.05, 0.1) is 0 Å². The summed E-state index contributed by atoms with van der Waals surface area (Å²) in [7, 11) is 0. The van der Waals surface area contributed by atoms with E-state index in [1.54, 1.807) is 0 Å². The Hall–Kier alpha value is -0.820. The van der Waals surface area contributed by atoms with Gasteiger partial charge in [-0.05, 0) is 24.0 Å². The SMILES string of the molecule is O=C[C@H]1C[C@H]1c1ccccc1Cl. The molecule has 0 N–H and O–H groups in total. The molecule has 1 fully saturated rings. The van der Waals surface area contributed by atoms with Crippen molar-refractivity contribution in [3.63, 3.8) is 0 Å². The number of rotatable bonds is 2. The van der Waals surface area contributed by atoms with E-state index >= 15 is 0 Å². The highest BCUT2D eigenvalue weighted by Gasteiger charge is 2.38. The van der Waals surface area contributed by atoms with Crippen molar-refractivity contribution in [1.82, 2.24) is 0 Å². The van der Waals surface area contributed by atoms with Crippen LogP contribution in [0.5, 0.6) is 0 Å². The maximum Gasteiger partial charge on any atom is 0.123 e. The Bertz CT molecular complexity index is 308. The molecule has 12 heavy (non-hydrogen) atoms. The third-order valence-corrected chi connectivity index (χ3v) is 2.66. The second kappa shape index (κ2) is 2.91. The lowest BCUT2D eigenvalue weighted by Crippen LogP contribution is -1.84. The molecule has 0 radical (unpaired) electrons. The summed E-state index contributed by atoms with van der Waals surface area (Å²) in [6, 6.07) is 7.74. The zero-order valence-corrected chi connectivity index (χ0v) is 7.29. The standard InChI is InChI=1S/C10H9ClO/c11-10-4-2-1-3-8(10)9-5-7(9)6-12/h1-4,6-7,9H,5H2/t7-,9-/m1/s1. The van der Waals surface area contributed by atoms with Crippen LogP contribution in [0.25, 0.3) is 0 Å². The molecule has 1 saturated carbocycles. The molecule has 1 aromatic carbocycles. The van der Waals surface area contributed by atoms with E-state index in [2.05, 4.69) is 0 Å². The molecule has 0 aliphatic heterocycles. The fraction of sp³-hybridized carbons (Fsp3) is 0.300. The van der Waals surface area contributed by atoms with Gasteiger partial charge in [0.15, 0.2) is 0 Å². The van der Waals surface area contributed by atoms with E-state index in [4.69, 9.17) is 11.6 Å². The minimum Gasteiger partial charge on any atom is -0.303 e. The number of hydrogen-bond acceptors (Lipinski definition) is 1. The second-order valence-corrected chi connectivity index (χ2v) is 3.57. The number of carbonyl (C=O) groups excluding carboxylic acids is 1. The zero-order valence-electron chi connectivity index (χ0n) is 6.53. The first-order chi connectivity index (χ1) is 5.83. The molecule has 0 heterocycles. The van der Waals surface area contributed by atoms with Crippen molar-refractivity contribution in [2.24, 2.45) is 5.92 Å². The fourth-order valence-corrected chi connectivity index (χ4v) is 1.77. The smallest absolute Gasteiger partial charge is 0.123 e. The maximum absolute atomic E-state index is 10.4. The van der Waals surface area contributed by atoms with Crippen molar-refractivity contribution >= 4 is 17.9 Å². The van der Waals surface area contributed by atoms with E-state index in [-0.39, 0.29) is 5.92 Å². The van der Waals surface area contributed by atoms with Crippen LogP contribution in [-0.2, 0) is 4.79 Å². The van der Waals surface area contributed by atoms with Crippen LogP contribution in [0, 0.1) is 5.92 Å². The number of hydrogen-bond donors (Lipinski definition) is 0. The van der Waals surface area contributed by atoms with Gasteiger partial charge in [-0.2, -0.15) is 0 Å². The van der Waals surface area contributed by atoms with E-state index < -0.39 is 0 Å². The first-order valence-corrected chi connectivity index (χ1v) is 4.40. The second-order valence-electron chi connectivity index (χ2n) is 3.16. The van der Waals surface area contributed by atoms with E-state index in [1.165, 1.54) is 0 Å². The summed E-state index contributed by atoms with van der Waals surface area (Å²) in [5.41, 5.74) is 1.12. The van der Waals surface area contributed by atoms with Crippen LogP contribution < -0.4 is 0 Å². The normalized spacial score (nSPS) is 26.8. The molecule has 0 aromatic heterocycles. The summed E-state index contributed by atoms with van der Waals surface area (Å²) in [4.78, 5) is 10.4. The maximum atomic E-state index is 10.4.